The highest BCUT2D eigenvalue weighted by atomic mass is 79.9. The molecule has 2 N–H and O–H groups in total. The molecule has 1 unspecified atom stereocenters. The maximum Gasteiger partial charge on any atom is 0.251 e. The van der Waals surface area contributed by atoms with Crippen LogP contribution in [0.15, 0.2) is 28.7 Å². The lowest BCUT2D eigenvalue weighted by molar-refractivity contribution is 0.0951. The zero-order valence-corrected chi connectivity index (χ0v) is 12.5. The van der Waals surface area contributed by atoms with Gasteiger partial charge in [0.15, 0.2) is 0 Å². The Hall–Kier alpha value is -0.580. The lowest BCUT2D eigenvalue weighted by Gasteiger charge is -2.09. The molecule has 0 aliphatic carbocycles. The third-order valence-corrected chi connectivity index (χ3v) is 3.58. The molecule has 0 aromatic heterocycles. The van der Waals surface area contributed by atoms with Crippen molar-refractivity contribution in [3.63, 3.8) is 0 Å². The molecule has 5 heteroatoms. The first-order valence-corrected chi connectivity index (χ1v) is 6.79. The number of benzene rings is 1. The first-order valence-electron chi connectivity index (χ1n) is 6.00. The number of nitrogens with one attached hydrogen (secondary N) is 2. The van der Waals surface area contributed by atoms with Crippen LogP contribution >= 0.6 is 28.3 Å². The Morgan fingerprint density at radius 3 is 3.00 bits per heavy atom. The number of hydrogen-bond donors (Lipinski definition) is 2. The Morgan fingerprint density at radius 2 is 2.33 bits per heavy atom. The topological polar surface area (TPSA) is 41.1 Å². The average Bonchev–Trinajstić information content (AvgIpc) is 2.82. The van der Waals surface area contributed by atoms with Crippen LogP contribution in [0.4, 0.5) is 0 Å². The highest BCUT2D eigenvalue weighted by Gasteiger charge is 2.14. The van der Waals surface area contributed by atoms with Gasteiger partial charge in [0, 0.05) is 16.6 Å². The fraction of sp³-hybridized carbons (Fsp3) is 0.462. The Bertz CT molecular complexity index is 394. The van der Waals surface area contributed by atoms with Crippen molar-refractivity contribution in [2.24, 2.45) is 5.92 Å². The Labute approximate surface area is 122 Å². The van der Waals surface area contributed by atoms with E-state index in [1.807, 2.05) is 24.3 Å². The van der Waals surface area contributed by atoms with Gasteiger partial charge < -0.3 is 10.6 Å². The molecule has 1 fully saturated rings. The second kappa shape index (κ2) is 7.77. The van der Waals surface area contributed by atoms with Gasteiger partial charge in [-0.15, -0.1) is 12.4 Å². The Kier molecular flexibility index (Phi) is 6.68. The predicted octanol–water partition coefficient (Wildman–Crippen LogP) is 2.60. The van der Waals surface area contributed by atoms with Gasteiger partial charge in [0.05, 0.1) is 0 Å². The van der Waals surface area contributed by atoms with Crippen LogP contribution in [0.5, 0.6) is 0 Å². The van der Waals surface area contributed by atoms with Crippen molar-refractivity contribution in [2.45, 2.75) is 12.8 Å². The minimum absolute atomic E-state index is 0. The number of hydrogen-bond acceptors (Lipinski definition) is 2. The van der Waals surface area contributed by atoms with Crippen molar-refractivity contribution < 1.29 is 4.79 Å². The summed E-state index contributed by atoms with van der Waals surface area (Å²) in [6.07, 6.45) is 2.29. The monoisotopic (exact) mass is 332 g/mol. The molecule has 100 valence electrons. The molecule has 1 heterocycles. The van der Waals surface area contributed by atoms with Crippen LogP contribution in [-0.2, 0) is 0 Å². The van der Waals surface area contributed by atoms with Gasteiger partial charge in [0.25, 0.3) is 5.91 Å². The average molecular weight is 334 g/mol. The molecule has 0 bridgehead atoms. The van der Waals surface area contributed by atoms with E-state index in [9.17, 15) is 4.79 Å². The van der Waals surface area contributed by atoms with Gasteiger partial charge in [-0.2, -0.15) is 0 Å². The summed E-state index contributed by atoms with van der Waals surface area (Å²) in [4.78, 5) is 11.8. The summed E-state index contributed by atoms with van der Waals surface area (Å²) in [7, 11) is 0. The third-order valence-electron chi connectivity index (χ3n) is 3.09. The molecule has 0 spiro atoms. The smallest absolute Gasteiger partial charge is 0.251 e. The zero-order chi connectivity index (χ0) is 12.1. The number of halogens is 2. The van der Waals surface area contributed by atoms with E-state index in [1.165, 1.54) is 6.42 Å². The molecule has 3 nitrogen and oxygen atoms in total. The first-order chi connectivity index (χ1) is 8.25. The third kappa shape index (κ3) is 4.59. The van der Waals surface area contributed by atoms with Crippen LogP contribution in [0, 0.1) is 5.92 Å². The minimum Gasteiger partial charge on any atom is -0.352 e. The van der Waals surface area contributed by atoms with E-state index in [0.717, 1.165) is 36.4 Å². The summed E-state index contributed by atoms with van der Waals surface area (Å²) >= 11 is 3.36. The number of rotatable bonds is 4. The van der Waals surface area contributed by atoms with Gasteiger partial charge in [-0.05, 0) is 50.0 Å². The van der Waals surface area contributed by atoms with Crippen molar-refractivity contribution in [2.75, 3.05) is 19.6 Å². The van der Waals surface area contributed by atoms with Crippen LogP contribution < -0.4 is 10.6 Å². The van der Waals surface area contributed by atoms with E-state index >= 15 is 0 Å². The Balaban J connectivity index is 0.00000162. The molecule has 1 aliphatic rings. The summed E-state index contributed by atoms with van der Waals surface area (Å²) in [5.41, 5.74) is 0.712. The van der Waals surface area contributed by atoms with Gasteiger partial charge in [-0.1, -0.05) is 22.0 Å². The molecule has 1 aromatic rings. The van der Waals surface area contributed by atoms with Crippen LogP contribution in [0.25, 0.3) is 0 Å². The summed E-state index contributed by atoms with van der Waals surface area (Å²) in [6.45, 7) is 2.97. The Morgan fingerprint density at radius 1 is 1.50 bits per heavy atom. The summed E-state index contributed by atoms with van der Waals surface area (Å²) in [6, 6.07) is 7.46. The maximum atomic E-state index is 11.8. The lowest BCUT2D eigenvalue weighted by atomic mass is 10.1. The summed E-state index contributed by atoms with van der Waals surface area (Å²) in [5.74, 6) is 0.732. The largest absolute Gasteiger partial charge is 0.352 e. The number of amides is 1. The zero-order valence-electron chi connectivity index (χ0n) is 10.1. The number of carbonyl (C=O) groups excluding carboxylic acids is 1. The molecule has 0 saturated carbocycles. The van der Waals surface area contributed by atoms with Gasteiger partial charge >= 0.3 is 0 Å². The quantitative estimate of drug-likeness (QED) is 0.889. The van der Waals surface area contributed by atoms with E-state index in [0.29, 0.717) is 5.56 Å². The van der Waals surface area contributed by atoms with E-state index in [4.69, 9.17) is 0 Å². The SMILES string of the molecule is Cl.O=C(NCCC1CCNC1)c1cccc(Br)c1. The highest BCUT2D eigenvalue weighted by Crippen LogP contribution is 2.13. The first kappa shape index (κ1) is 15.5. The van der Waals surface area contributed by atoms with Gasteiger partial charge in [-0.25, -0.2) is 0 Å². The van der Waals surface area contributed by atoms with Crippen LogP contribution in [0.1, 0.15) is 23.2 Å². The van der Waals surface area contributed by atoms with Gasteiger partial charge in [0.1, 0.15) is 0 Å². The van der Waals surface area contributed by atoms with E-state index < -0.39 is 0 Å². The van der Waals surface area contributed by atoms with E-state index in [1.54, 1.807) is 0 Å². The second-order valence-electron chi connectivity index (χ2n) is 4.41. The van der Waals surface area contributed by atoms with Crippen molar-refractivity contribution >= 4 is 34.2 Å². The van der Waals surface area contributed by atoms with Crippen molar-refractivity contribution in [3.05, 3.63) is 34.3 Å². The van der Waals surface area contributed by atoms with Gasteiger partial charge in [0.2, 0.25) is 0 Å². The molecular weight excluding hydrogens is 316 g/mol. The van der Waals surface area contributed by atoms with Crippen molar-refractivity contribution in [1.29, 1.82) is 0 Å². The minimum atomic E-state index is 0. The van der Waals surface area contributed by atoms with E-state index in [-0.39, 0.29) is 18.3 Å². The molecule has 1 amide bonds. The highest BCUT2D eigenvalue weighted by molar-refractivity contribution is 9.10. The summed E-state index contributed by atoms with van der Waals surface area (Å²) in [5, 5.41) is 6.30. The maximum absolute atomic E-state index is 11.8. The molecule has 1 aromatic carbocycles. The van der Waals surface area contributed by atoms with Crippen LogP contribution in [0.2, 0.25) is 0 Å². The van der Waals surface area contributed by atoms with Gasteiger partial charge in [-0.3, -0.25) is 4.79 Å². The summed E-state index contributed by atoms with van der Waals surface area (Å²) < 4.78 is 0.935. The second-order valence-corrected chi connectivity index (χ2v) is 5.33. The molecule has 1 saturated heterocycles. The fourth-order valence-electron chi connectivity index (χ4n) is 2.08. The molecule has 2 rings (SSSR count). The predicted molar refractivity (Wildman–Crippen MR) is 79.3 cm³/mol. The molecule has 0 radical (unpaired) electrons. The van der Waals surface area contributed by atoms with Crippen LogP contribution in [0.3, 0.4) is 0 Å². The molecule has 1 atom stereocenters. The standard InChI is InChI=1S/C13H17BrN2O.ClH/c14-12-3-1-2-11(8-12)13(17)16-7-5-10-4-6-15-9-10;/h1-3,8,10,15H,4-7,9H2,(H,16,17);1H. The molecular formula is C13H18BrClN2O. The normalized spacial score (nSPS) is 18.2. The fourth-order valence-corrected chi connectivity index (χ4v) is 2.48. The number of carbonyl (C=O) groups is 1. The van der Waals surface area contributed by atoms with Crippen LogP contribution in [-0.4, -0.2) is 25.5 Å². The van der Waals surface area contributed by atoms with E-state index in [2.05, 4.69) is 26.6 Å². The van der Waals surface area contributed by atoms with Crippen molar-refractivity contribution in [1.82, 2.24) is 10.6 Å². The lowest BCUT2D eigenvalue weighted by Crippen LogP contribution is -2.26. The molecule has 1 aliphatic heterocycles. The molecule has 18 heavy (non-hydrogen) atoms. The van der Waals surface area contributed by atoms with Crippen molar-refractivity contribution in [3.8, 4) is 0 Å².